The molecule has 0 unspecified atom stereocenters. The molecule has 1 aromatic heterocycles. The normalized spacial score (nSPS) is 10.6. The van der Waals surface area contributed by atoms with E-state index in [-0.39, 0.29) is 0 Å². The number of nitrogen functional groups attached to an aromatic ring is 1. The lowest BCUT2D eigenvalue weighted by atomic mass is 10.2. The molecule has 0 saturated carbocycles. The maximum absolute atomic E-state index is 5.63. The van der Waals surface area contributed by atoms with E-state index >= 15 is 0 Å². The second-order valence-corrected chi connectivity index (χ2v) is 3.80. The molecule has 0 bridgehead atoms. The molecule has 2 N–H and O–H groups in total. The van der Waals surface area contributed by atoms with Gasteiger partial charge in [0.25, 0.3) is 0 Å². The number of ether oxygens (including phenoxy) is 1. The van der Waals surface area contributed by atoms with Crippen LogP contribution in [0.25, 0.3) is 11.4 Å². The topological polar surface area (TPSA) is 66.0 Å². The first-order chi connectivity index (χ1) is 8.29. The van der Waals surface area contributed by atoms with Gasteiger partial charge >= 0.3 is 0 Å². The lowest BCUT2D eigenvalue weighted by molar-refractivity contribution is 0.189. The van der Waals surface area contributed by atoms with Crippen molar-refractivity contribution < 1.29 is 4.74 Å². The highest BCUT2D eigenvalue weighted by atomic mass is 16.5. The quantitative estimate of drug-likeness (QED) is 0.627. The number of nitrogens with zero attached hydrogens (tertiary/aromatic N) is 3. The molecule has 2 aromatic rings. The summed E-state index contributed by atoms with van der Waals surface area (Å²) in [5.74, 6) is 0.724. The van der Waals surface area contributed by atoms with Gasteiger partial charge in [-0.15, -0.1) is 0 Å². The Bertz CT molecular complexity index is 464. The van der Waals surface area contributed by atoms with Crippen LogP contribution in [0, 0.1) is 0 Å². The summed E-state index contributed by atoms with van der Waals surface area (Å²) in [6.45, 7) is 1.55. The molecule has 0 radical (unpaired) electrons. The highest BCUT2D eigenvalue weighted by Gasteiger charge is 2.03. The van der Waals surface area contributed by atoms with E-state index in [0.29, 0.717) is 0 Å². The number of rotatable bonds is 5. The molecule has 2 rings (SSSR count). The first-order valence-corrected chi connectivity index (χ1v) is 5.54. The van der Waals surface area contributed by atoms with Crippen LogP contribution in [0.3, 0.4) is 0 Å². The van der Waals surface area contributed by atoms with Crippen LogP contribution in [0.2, 0.25) is 0 Å². The molecule has 0 fully saturated rings. The molecule has 90 valence electrons. The number of aryl methyl sites for hydroxylation is 1. The van der Waals surface area contributed by atoms with E-state index in [1.54, 1.807) is 13.4 Å². The van der Waals surface area contributed by atoms with Crippen molar-refractivity contribution in [3.8, 4) is 11.4 Å². The van der Waals surface area contributed by atoms with E-state index in [1.807, 2.05) is 28.9 Å². The van der Waals surface area contributed by atoms with Gasteiger partial charge in [-0.3, -0.25) is 4.68 Å². The number of aromatic nitrogens is 3. The van der Waals surface area contributed by atoms with E-state index in [4.69, 9.17) is 10.5 Å². The van der Waals surface area contributed by atoms with Crippen LogP contribution in [0.15, 0.2) is 30.6 Å². The fourth-order valence-electron chi connectivity index (χ4n) is 1.54. The average Bonchev–Trinajstić information content (AvgIpc) is 2.79. The van der Waals surface area contributed by atoms with Crippen LogP contribution in [0.5, 0.6) is 0 Å². The summed E-state index contributed by atoms with van der Waals surface area (Å²) in [6.07, 6.45) is 2.67. The van der Waals surface area contributed by atoms with Gasteiger partial charge in [0, 0.05) is 31.5 Å². The Kier molecular flexibility index (Phi) is 3.72. The van der Waals surface area contributed by atoms with E-state index in [2.05, 4.69) is 10.1 Å². The minimum absolute atomic E-state index is 0.724. The van der Waals surface area contributed by atoms with Gasteiger partial charge in [-0.25, -0.2) is 4.98 Å². The maximum atomic E-state index is 5.63. The van der Waals surface area contributed by atoms with Crippen molar-refractivity contribution in [1.82, 2.24) is 14.8 Å². The third-order valence-electron chi connectivity index (χ3n) is 2.44. The molecule has 0 spiro atoms. The molecule has 0 aliphatic carbocycles. The van der Waals surface area contributed by atoms with Crippen molar-refractivity contribution in [2.24, 2.45) is 0 Å². The van der Waals surface area contributed by atoms with Gasteiger partial charge in [-0.05, 0) is 30.7 Å². The van der Waals surface area contributed by atoms with Crippen LogP contribution in [0.1, 0.15) is 6.42 Å². The van der Waals surface area contributed by atoms with Crippen LogP contribution in [-0.2, 0) is 11.3 Å². The zero-order chi connectivity index (χ0) is 12.1. The number of anilines is 1. The zero-order valence-electron chi connectivity index (χ0n) is 9.84. The van der Waals surface area contributed by atoms with Crippen molar-refractivity contribution in [2.45, 2.75) is 13.0 Å². The number of benzene rings is 1. The van der Waals surface area contributed by atoms with Gasteiger partial charge < -0.3 is 10.5 Å². The molecule has 0 saturated heterocycles. The van der Waals surface area contributed by atoms with Crippen molar-refractivity contribution >= 4 is 5.69 Å². The fourth-order valence-corrected chi connectivity index (χ4v) is 1.54. The van der Waals surface area contributed by atoms with E-state index < -0.39 is 0 Å². The third kappa shape index (κ3) is 3.04. The molecule has 0 aliphatic rings. The Morgan fingerprint density at radius 1 is 1.29 bits per heavy atom. The molecule has 5 nitrogen and oxygen atoms in total. The second kappa shape index (κ2) is 5.45. The van der Waals surface area contributed by atoms with Crippen LogP contribution < -0.4 is 5.73 Å². The Labute approximate surface area is 100 Å². The molecule has 17 heavy (non-hydrogen) atoms. The summed E-state index contributed by atoms with van der Waals surface area (Å²) < 4.78 is 6.82. The minimum atomic E-state index is 0.724. The molecule has 1 aromatic carbocycles. The molecule has 0 atom stereocenters. The molecule has 0 aliphatic heterocycles. The van der Waals surface area contributed by atoms with Crippen LogP contribution in [0.4, 0.5) is 5.69 Å². The van der Waals surface area contributed by atoms with Gasteiger partial charge in [0.15, 0.2) is 5.82 Å². The Morgan fingerprint density at radius 2 is 2.06 bits per heavy atom. The van der Waals surface area contributed by atoms with Crippen LogP contribution >= 0.6 is 0 Å². The first kappa shape index (κ1) is 11.6. The Hall–Kier alpha value is -1.88. The predicted octanol–water partition coefficient (Wildman–Crippen LogP) is 1.56. The SMILES string of the molecule is COCCCn1cnc(-c2ccc(N)cc2)n1. The summed E-state index contributed by atoms with van der Waals surface area (Å²) >= 11 is 0. The Balaban J connectivity index is 2.04. The summed E-state index contributed by atoms with van der Waals surface area (Å²) in [5.41, 5.74) is 7.35. The molecule has 0 amide bonds. The standard InChI is InChI=1S/C12H16N4O/c1-17-8-2-7-16-9-14-12(15-16)10-3-5-11(13)6-4-10/h3-6,9H,2,7-8,13H2,1H3. The molecular weight excluding hydrogens is 216 g/mol. The number of hydrogen-bond donors (Lipinski definition) is 1. The largest absolute Gasteiger partial charge is 0.399 e. The summed E-state index contributed by atoms with van der Waals surface area (Å²) in [6, 6.07) is 7.54. The summed E-state index contributed by atoms with van der Waals surface area (Å²) in [7, 11) is 1.70. The predicted molar refractivity (Wildman–Crippen MR) is 66.4 cm³/mol. The van der Waals surface area contributed by atoms with Gasteiger partial charge in [0.2, 0.25) is 0 Å². The summed E-state index contributed by atoms with van der Waals surface area (Å²) in [5, 5.41) is 4.39. The van der Waals surface area contributed by atoms with Crippen molar-refractivity contribution in [1.29, 1.82) is 0 Å². The van der Waals surface area contributed by atoms with Gasteiger partial charge in [0.05, 0.1) is 0 Å². The lowest BCUT2D eigenvalue weighted by Crippen LogP contribution is -2.01. The minimum Gasteiger partial charge on any atom is -0.399 e. The van der Waals surface area contributed by atoms with E-state index in [0.717, 1.165) is 36.6 Å². The van der Waals surface area contributed by atoms with Gasteiger partial charge in [0.1, 0.15) is 6.33 Å². The summed E-state index contributed by atoms with van der Waals surface area (Å²) in [4.78, 5) is 4.27. The molecule has 1 heterocycles. The maximum Gasteiger partial charge on any atom is 0.181 e. The third-order valence-corrected chi connectivity index (χ3v) is 2.44. The average molecular weight is 232 g/mol. The van der Waals surface area contributed by atoms with Crippen molar-refractivity contribution in [3.63, 3.8) is 0 Å². The smallest absolute Gasteiger partial charge is 0.181 e. The first-order valence-electron chi connectivity index (χ1n) is 5.54. The second-order valence-electron chi connectivity index (χ2n) is 3.80. The van der Waals surface area contributed by atoms with E-state index in [9.17, 15) is 0 Å². The van der Waals surface area contributed by atoms with Crippen molar-refractivity contribution in [3.05, 3.63) is 30.6 Å². The molecular formula is C12H16N4O. The van der Waals surface area contributed by atoms with Crippen molar-refractivity contribution in [2.75, 3.05) is 19.5 Å². The van der Waals surface area contributed by atoms with Gasteiger partial charge in [-0.1, -0.05) is 0 Å². The monoisotopic (exact) mass is 232 g/mol. The number of methoxy groups -OCH3 is 1. The van der Waals surface area contributed by atoms with Crippen LogP contribution in [-0.4, -0.2) is 28.5 Å². The highest BCUT2D eigenvalue weighted by molar-refractivity contribution is 5.57. The Morgan fingerprint density at radius 3 is 2.76 bits per heavy atom. The lowest BCUT2D eigenvalue weighted by Gasteiger charge is -1.99. The zero-order valence-corrected chi connectivity index (χ0v) is 9.84. The van der Waals surface area contributed by atoms with Gasteiger partial charge in [-0.2, -0.15) is 5.10 Å². The number of hydrogen-bond acceptors (Lipinski definition) is 4. The highest BCUT2D eigenvalue weighted by Crippen LogP contribution is 2.15. The molecule has 5 heteroatoms. The number of nitrogens with two attached hydrogens (primary N) is 1. The fraction of sp³-hybridized carbons (Fsp3) is 0.333. The van der Waals surface area contributed by atoms with E-state index in [1.165, 1.54) is 0 Å².